The van der Waals surface area contributed by atoms with Crippen molar-refractivity contribution in [2.24, 2.45) is 5.73 Å². The van der Waals surface area contributed by atoms with Gasteiger partial charge >= 0.3 is 0 Å². The van der Waals surface area contributed by atoms with Crippen LogP contribution in [0.15, 0.2) is 0 Å². The van der Waals surface area contributed by atoms with Crippen LogP contribution in [0, 0.1) is 0 Å². The highest BCUT2D eigenvalue weighted by molar-refractivity contribution is 8.00. The summed E-state index contributed by atoms with van der Waals surface area (Å²) in [4.78, 5) is 2.57. The number of hydrogen-bond acceptors (Lipinski definition) is 4. The fourth-order valence-electron chi connectivity index (χ4n) is 2.62. The molecule has 0 aliphatic carbocycles. The Hall–Kier alpha value is 0.230. The molecule has 4 heteroatoms. The maximum Gasteiger partial charge on any atom is 0.0707 e. The monoisotopic (exact) mass is 258 g/mol. The third-order valence-electron chi connectivity index (χ3n) is 3.85. The molecule has 2 N–H and O–H groups in total. The van der Waals surface area contributed by atoms with Gasteiger partial charge in [-0.05, 0) is 25.8 Å². The molecule has 0 aromatic rings. The molecular weight excluding hydrogens is 232 g/mol. The number of thioether (sulfide) groups is 1. The molecule has 2 atom stereocenters. The van der Waals surface area contributed by atoms with E-state index in [0.29, 0.717) is 23.5 Å². The molecule has 2 fully saturated rings. The molecule has 0 amide bonds. The highest BCUT2D eigenvalue weighted by Gasteiger charge is 2.28. The smallest absolute Gasteiger partial charge is 0.0707 e. The second kappa shape index (κ2) is 5.91. The average Bonchev–Trinajstić information content (AvgIpc) is 2.66. The van der Waals surface area contributed by atoms with Crippen LogP contribution < -0.4 is 5.73 Å². The topological polar surface area (TPSA) is 38.5 Å². The minimum Gasteiger partial charge on any atom is -0.372 e. The fourth-order valence-corrected chi connectivity index (χ4v) is 3.76. The van der Waals surface area contributed by atoms with Crippen LogP contribution in [-0.2, 0) is 4.74 Å². The Morgan fingerprint density at radius 1 is 1.29 bits per heavy atom. The van der Waals surface area contributed by atoms with E-state index in [9.17, 15) is 0 Å². The quantitative estimate of drug-likeness (QED) is 0.836. The van der Waals surface area contributed by atoms with E-state index in [1.54, 1.807) is 0 Å². The lowest BCUT2D eigenvalue weighted by Crippen LogP contribution is -2.35. The molecule has 2 saturated heterocycles. The van der Waals surface area contributed by atoms with Crippen LogP contribution in [0.2, 0.25) is 0 Å². The third kappa shape index (κ3) is 4.12. The number of hydrogen-bond donors (Lipinski definition) is 1. The molecule has 2 aliphatic rings. The lowest BCUT2D eigenvalue weighted by Gasteiger charge is -2.25. The van der Waals surface area contributed by atoms with E-state index in [1.165, 1.54) is 31.7 Å². The first-order chi connectivity index (χ1) is 8.09. The molecule has 0 spiro atoms. The second-order valence-electron chi connectivity index (χ2n) is 5.85. The zero-order chi connectivity index (χ0) is 12.3. The lowest BCUT2D eigenvalue weighted by atomic mass is 10.1. The van der Waals surface area contributed by atoms with Gasteiger partial charge in [0.25, 0.3) is 0 Å². The highest BCUT2D eigenvalue weighted by Crippen LogP contribution is 2.31. The standard InChI is InChI=1S/C13H26N2OS/c1-13(2)5-6-15(7-8-17-13)10-12-4-3-11(9-14)16-12/h11-12H,3-10,14H2,1-2H3. The van der Waals surface area contributed by atoms with Gasteiger partial charge in [0.15, 0.2) is 0 Å². The Bertz CT molecular complexity index is 248. The van der Waals surface area contributed by atoms with E-state index >= 15 is 0 Å². The average molecular weight is 258 g/mol. The Kier molecular flexibility index (Phi) is 4.75. The fraction of sp³-hybridized carbons (Fsp3) is 1.00. The molecular formula is C13H26N2OS. The van der Waals surface area contributed by atoms with E-state index in [0.717, 1.165) is 13.0 Å². The van der Waals surface area contributed by atoms with Crippen molar-refractivity contribution in [3.8, 4) is 0 Å². The largest absolute Gasteiger partial charge is 0.372 e. The van der Waals surface area contributed by atoms with E-state index in [4.69, 9.17) is 10.5 Å². The van der Waals surface area contributed by atoms with Gasteiger partial charge in [-0.25, -0.2) is 0 Å². The Morgan fingerprint density at radius 2 is 2.06 bits per heavy atom. The summed E-state index contributed by atoms with van der Waals surface area (Å²) in [6, 6.07) is 0. The second-order valence-corrected chi connectivity index (χ2v) is 7.65. The number of nitrogens with two attached hydrogens (primary N) is 1. The first-order valence-electron chi connectivity index (χ1n) is 6.81. The molecule has 0 saturated carbocycles. The van der Waals surface area contributed by atoms with Gasteiger partial charge in [0.2, 0.25) is 0 Å². The predicted molar refractivity (Wildman–Crippen MR) is 74.5 cm³/mol. The van der Waals surface area contributed by atoms with E-state index in [1.807, 2.05) is 0 Å². The summed E-state index contributed by atoms with van der Waals surface area (Å²) >= 11 is 2.11. The molecule has 0 aromatic carbocycles. The molecule has 100 valence electrons. The normalized spacial score (nSPS) is 34.8. The van der Waals surface area contributed by atoms with Crippen LogP contribution >= 0.6 is 11.8 Å². The van der Waals surface area contributed by atoms with Crippen LogP contribution in [0.5, 0.6) is 0 Å². The van der Waals surface area contributed by atoms with Crippen molar-refractivity contribution in [3.05, 3.63) is 0 Å². The summed E-state index contributed by atoms with van der Waals surface area (Å²) in [5.41, 5.74) is 5.65. The van der Waals surface area contributed by atoms with Crippen molar-refractivity contribution in [2.75, 3.05) is 31.9 Å². The Labute approximate surface area is 109 Å². The van der Waals surface area contributed by atoms with Gasteiger partial charge in [0.05, 0.1) is 12.2 Å². The minimum atomic E-state index is 0.317. The van der Waals surface area contributed by atoms with Crippen molar-refractivity contribution in [1.82, 2.24) is 4.90 Å². The molecule has 2 unspecified atom stereocenters. The summed E-state index contributed by atoms with van der Waals surface area (Å²) in [5.74, 6) is 1.25. The van der Waals surface area contributed by atoms with Gasteiger partial charge in [-0.1, -0.05) is 13.8 Å². The lowest BCUT2D eigenvalue weighted by molar-refractivity contribution is 0.0281. The molecule has 3 nitrogen and oxygen atoms in total. The van der Waals surface area contributed by atoms with Crippen molar-refractivity contribution < 1.29 is 4.74 Å². The first-order valence-corrected chi connectivity index (χ1v) is 7.79. The van der Waals surface area contributed by atoms with Crippen molar-refractivity contribution in [1.29, 1.82) is 0 Å². The van der Waals surface area contributed by atoms with Crippen LogP contribution in [-0.4, -0.2) is 53.8 Å². The summed E-state index contributed by atoms with van der Waals surface area (Å²) in [6.45, 7) is 8.93. The maximum atomic E-state index is 5.93. The summed E-state index contributed by atoms with van der Waals surface area (Å²) in [6.07, 6.45) is 4.36. The number of ether oxygens (including phenoxy) is 1. The highest BCUT2D eigenvalue weighted by atomic mass is 32.2. The molecule has 2 rings (SSSR count). The molecule has 0 bridgehead atoms. The van der Waals surface area contributed by atoms with Gasteiger partial charge < -0.3 is 10.5 Å². The predicted octanol–water partition coefficient (Wildman–Crippen LogP) is 1.71. The van der Waals surface area contributed by atoms with Crippen molar-refractivity contribution in [3.63, 3.8) is 0 Å². The van der Waals surface area contributed by atoms with Crippen molar-refractivity contribution in [2.45, 2.75) is 50.1 Å². The Balaban J connectivity index is 1.76. The SMILES string of the molecule is CC1(C)CCN(CC2CCC(CN)O2)CCS1. The van der Waals surface area contributed by atoms with Gasteiger partial charge in [-0.15, -0.1) is 0 Å². The van der Waals surface area contributed by atoms with E-state index in [-0.39, 0.29) is 0 Å². The van der Waals surface area contributed by atoms with E-state index < -0.39 is 0 Å². The zero-order valence-corrected chi connectivity index (χ0v) is 12.0. The zero-order valence-electron chi connectivity index (χ0n) is 11.2. The van der Waals surface area contributed by atoms with Gasteiger partial charge in [-0.3, -0.25) is 4.90 Å². The molecule has 0 aromatic heterocycles. The summed E-state index contributed by atoms with van der Waals surface area (Å²) in [5, 5.41) is 0. The minimum absolute atomic E-state index is 0.317. The van der Waals surface area contributed by atoms with Gasteiger partial charge in [0, 0.05) is 30.1 Å². The molecule has 2 heterocycles. The molecule has 0 radical (unpaired) electrons. The number of nitrogens with zero attached hydrogens (tertiary/aromatic N) is 1. The van der Waals surface area contributed by atoms with Crippen LogP contribution in [0.4, 0.5) is 0 Å². The first kappa shape index (κ1) is 13.7. The van der Waals surface area contributed by atoms with Crippen LogP contribution in [0.1, 0.15) is 33.1 Å². The van der Waals surface area contributed by atoms with Crippen molar-refractivity contribution >= 4 is 11.8 Å². The maximum absolute atomic E-state index is 5.93. The molecule has 17 heavy (non-hydrogen) atoms. The Morgan fingerprint density at radius 3 is 2.76 bits per heavy atom. The van der Waals surface area contributed by atoms with E-state index in [2.05, 4.69) is 30.5 Å². The van der Waals surface area contributed by atoms with Crippen LogP contribution in [0.3, 0.4) is 0 Å². The van der Waals surface area contributed by atoms with Gasteiger partial charge in [0.1, 0.15) is 0 Å². The summed E-state index contributed by atoms with van der Waals surface area (Å²) < 4.78 is 6.38. The third-order valence-corrected chi connectivity index (χ3v) is 5.22. The van der Waals surface area contributed by atoms with Crippen LogP contribution in [0.25, 0.3) is 0 Å². The van der Waals surface area contributed by atoms with Gasteiger partial charge in [-0.2, -0.15) is 11.8 Å². The number of rotatable bonds is 3. The summed E-state index contributed by atoms with van der Waals surface area (Å²) in [7, 11) is 0. The molecule has 2 aliphatic heterocycles.